The molecule has 0 radical (unpaired) electrons. The number of hydrogen-bond donors (Lipinski definition) is 0. The molecule has 2 aliphatic heterocycles. The van der Waals surface area contributed by atoms with E-state index in [4.69, 9.17) is 0 Å². The predicted molar refractivity (Wildman–Crippen MR) is 134 cm³/mol. The Bertz CT molecular complexity index is 436. The third kappa shape index (κ3) is 11.7. The van der Waals surface area contributed by atoms with E-state index < -0.39 is 0 Å². The van der Waals surface area contributed by atoms with Crippen molar-refractivity contribution in [2.45, 2.75) is 129 Å². The van der Waals surface area contributed by atoms with Crippen LogP contribution in [0.5, 0.6) is 0 Å². The first-order valence-corrected chi connectivity index (χ1v) is 14.2. The van der Waals surface area contributed by atoms with Gasteiger partial charge in [0.2, 0.25) is 5.91 Å². The number of hydrogen-bond acceptors (Lipinski definition) is 2. The first-order valence-electron chi connectivity index (χ1n) is 14.2. The first-order chi connectivity index (χ1) is 15.2. The molecule has 0 unspecified atom stereocenters. The molecule has 0 atom stereocenters. The van der Waals surface area contributed by atoms with Crippen LogP contribution in [0, 0.1) is 11.8 Å². The van der Waals surface area contributed by atoms with Crippen LogP contribution < -0.4 is 0 Å². The maximum atomic E-state index is 12.6. The van der Waals surface area contributed by atoms with Gasteiger partial charge in [0.15, 0.2) is 0 Å². The summed E-state index contributed by atoms with van der Waals surface area (Å²) < 4.78 is 0. The minimum atomic E-state index is 0.431. The summed E-state index contributed by atoms with van der Waals surface area (Å²) in [6.07, 6.45) is 25.3. The van der Waals surface area contributed by atoms with Gasteiger partial charge in [0.1, 0.15) is 0 Å². The smallest absolute Gasteiger partial charge is 0.222 e. The van der Waals surface area contributed by atoms with E-state index in [0.717, 1.165) is 37.8 Å². The number of carbonyl (C=O) groups is 1. The van der Waals surface area contributed by atoms with Gasteiger partial charge >= 0.3 is 0 Å². The predicted octanol–water partition coefficient (Wildman–Crippen LogP) is 7.44. The second-order valence-corrected chi connectivity index (χ2v) is 10.7. The molecule has 182 valence electrons. The highest BCUT2D eigenvalue weighted by molar-refractivity contribution is 5.76. The van der Waals surface area contributed by atoms with E-state index in [1.807, 2.05) is 0 Å². The van der Waals surface area contributed by atoms with Crippen molar-refractivity contribution < 1.29 is 4.79 Å². The van der Waals surface area contributed by atoms with Gasteiger partial charge in [0.25, 0.3) is 0 Å². The molecule has 3 nitrogen and oxygen atoms in total. The molecule has 0 N–H and O–H groups in total. The van der Waals surface area contributed by atoms with Crippen molar-refractivity contribution in [2.24, 2.45) is 11.8 Å². The SMILES string of the molecule is CCCCCCCCCCCCCCCCC(=O)N1CCC(C2CCN(C)CC2)CC1. The molecule has 0 aliphatic carbocycles. The summed E-state index contributed by atoms with van der Waals surface area (Å²) >= 11 is 0. The lowest BCUT2D eigenvalue weighted by Gasteiger charge is -2.39. The van der Waals surface area contributed by atoms with E-state index in [-0.39, 0.29) is 0 Å². The average molecular weight is 435 g/mol. The Hall–Kier alpha value is -0.570. The van der Waals surface area contributed by atoms with Crippen molar-refractivity contribution >= 4 is 5.91 Å². The van der Waals surface area contributed by atoms with Gasteiger partial charge in [0, 0.05) is 19.5 Å². The van der Waals surface area contributed by atoms with E-state index in [9.17, 15) is 4.79 Å². The molecule has 2 saturated heterocycles. The lowest BCUT2D eigenvalue weighted by Crippen LogP contribution is -2.42. The van der Waals surface area contributed by atoms with E-state index in [1.165, 1.54) is 122 Å². The van der Waals surface area contributed by atoms with E-state index in [1.54, 1.807) is 0 Å². The van der Waals surface area contributed by atoms with Gasteiger partial charge in [0.05, 0.1) is 0 Å². The second kappa shape index (κ2) is 17.0. The molecule has 2 aliphatic rings. The number of likely N-dealkylation sites (tertiary alicyclic amines) is 2. The zero-order chi connectivity index (χ0) is 22.2. The van der Waals surface area contributed by atoms with Crippen LogP contribution in [0.15, 0.2) is 0 Å². The van der Waals surface area contributed by atoms with Gasteiger partial charge in [-0.05, 0) is 64.1 Å². The number of rotatable bonds is 16. The Morgan fingerprint density at radius 3 is 1.45 bits per heavy atom. The fraction of sp³-hybridized carbons (Fsp3) is 0.964. The van der Waals surface area contributed by atoms with Crippen molar-refractivity contribution in [3.8, 4) is 0 Å². The summed E-state index contributed by atoms with van der Waals surface area (Å²) in [5.41, 5.74) is 0. The number of amides is 1. The molecule has 2 fully saturated rings. The summed E-state index contributed by atoms with van der Waals surface area (Å²) in [5.74, 6) is 2.22. The van der Waals surface area contributed by atoms with Gasteiger partial charge in [-0.3, -0.25) is 4.79 Å². The highest BCUT2D eigenvalue weighted by Gasteiger charge is 2.29. The van der Waals surface area contributed by atoms with Crippen molar-refractivity contribution in [1.82, 2.24) is 9.80 Å². The molecule has 0 bridgehead atoms. The lowest BCUT2D eigenvalue weighted by atomic mass is 9.79. The van der Waals surface area contributed by atoms with Gasteiger partial charge in [-0.1, -0.05) is 90.4 Å². The largest absolute Gasteiger partial charge is 0.343 e. The standard InChI is InChI=1S/C28H54N2O/c1-3-4-5-6-7-8-9-10-11-12-13-14-15-16-17-28(31)30-24-20-27(21-25-30)26-18-22-29(2)23-19-26/h26-27H,3-25H2,1-2H3. The quantitative estimate of drug-likeness (QED) is 0.236. The van der Waals surface area contributed by atoms with Crippen LogP contribution in [-0.2, 0) is 4.79 Å². The zero-order valence-electron chi connectivity index (χ0n) is 21.2. The molecule has 31 heavy (non-hydrogen) atoms. The van der Waals surface area contributed by atoms with Crippen LogP contribution in [0.25, 0.3) is 0 Å². The van der Waals surface area contributed by atoms with Crippen molar-refractivity contribution in [3.63, 3.8) is 0 Å². The topological polar surface area (TPSA) is 23.6 Å². The molecule has 1 amide bonds. The molecule has 0 saturated carbocycles. The average Bonchev–Trinajstić information content (AvgIpc) is 2.80. The number of piperidine rings is 2. The second-order valence-electron chi connectivity index (χ2n) is 10.7. The molecule has 0 aromatic rings. The Labute approximate surface area is 194 Å². The van der Waals surface area contributed by atoms with Crippen molar-refractivity contribution in [2.75, 3.05) is 33.2 Å². The molecule has 0 aromatic carbocycles. The molecule has 2 rings (SSSR count). The molecular weight excluding hydrogens is 380 g/mol. The van der Waals surface area contributed by atoms with Crippen LogP contribution in [0.2, 0.25) is 0 Å². The maximum absolute atomic E-state index is 12.6. The van der Waals surface area contributed by atoms with Crippen molar-refractivity contribution in [3.05, 3.63) is 0 Å². The third-order valence-electron chi connectivity index (χ3n) is 8.07. The van der Waals surface area contributed by atoms with Gasteiger partial charge in [-0.25, -0.2) is 0 Å². The van der Waals surface area contributed by atoms with Crippen LogP contribution in [0.4, 0.5) is 0 Å². The maximum Gasteiger partial charge on any atom is 0.222 e. The number of nitrogens with zero attached hydrogens (tertiary/aromatic N) is 2. The summed E-state index contributed by atoms with van der Waals surface area (Å²) in [6.45, 7) is 6.87. The molecule has 3 heteroatoms. The third-order valence-corrected chi connectivity index (χ3v) is 8.07. The van der Waals surface area contributed by atoms with Crippen molar-refractivity contribution in [1.29, 1.82) is 0 Å². The lowest BCUT2D eigenvalue weighted by molar-refractivity contribution is -0.133. The minimum absolute atomic E-state index is 0.431. The fourth-order valence-electron chi connectivity index (χ4n) is 5.75. The highest BCUT2D eigenvalue weighted by atomic mass is 16.2. The summed E-state index contributed by atoms with van der Waals surface area (Å²) in [7, 11) is 2.24. The number of unbranched alkanes of at least 4 members (excludes halogenated alkanes) is 13. The van der Waals surface area contributed by atoms with Gasteiger partial charge in [-0.2, -0.15) is 0 Å². The highest BCUT2D eigenvalue weighted by Crippen LogP contribution is 2.32. The Morgan fingerprint density at radius 1 is 0.613 bits per heavy atom. The summed E-state index contributed by atoms with van der Waals surface area (Å²) in [6, 6.07) is 0. The minimum Gasteiger partial charge on any atom is -0.343 e. The van der Waals surface area contributed by atoms with E-state index in [0.29, 0.717) is 5.91 Å². The molecule has 0 spiro atoms. The van der Waals surface area contributed by atoms with Crippen LogP contribution >= 0.6 is 0 Å². The Morgan fingerprint density at radius 2 is 1.00 bits per heavy atom. The van der Waals surface area contributed by atoms with Gasteiger partial charge < -0.3 is 9.80 Å². The fourth-order valence-corrected chi connectivity index (χ4v) is 5.75. The molecular formula is C28H54N2O. The van der Waals surface area contributed by atoms with Gasteiger partial charge in [-0.15, -0.1) is 0 Å². The summed E-state index contributed by atoms with van der Waals surface area (Å²) in [4.78, 5) is 17.2. The molecule has 2 heterocycles. The van der Waals surface area contributed by atoms with Crippen LogP contribution in [0.1, 0.15) is 129 Å². The summed E-state index contributed by atoms with van der Waals surface area (Å²) in [5, 5.41) is 0. The molecule has 0 aromatic heterocycles. The zero-order valence-corrected chi connectivity index (χ0v) is 21.2. The van der Waals surface area contributed by atoms with Crippen LogP contribution in [-0.4, -0.2) is 48.9 Å². The van der Waals surface area contributed by atoms with E-state index >= 15 is 0 Å². The Kier molecular flexibility index (Phi) is 14.6. The monoisotopic (exact) mass is 434 g/mol. The normalized spacial score (nSPS) is 19.2. The van der Waals surface area contributed by atoms with E-state index in [2.05, 4.69) is 23.8 Å². The van der Waals surface area contributed by atoms with Crippen LogP contribution in [0.3, 0.4) is 0 Å². The Balaban J connectivity index is 1.36. The number of carbonyl (C=O) groups excluding carboxylic acids is 1. The first kappa shape index (κ1) is 26.7.